The van der Waals surface area contributed by atoms with E-state index in [0.29, 0.717) is 28.8 Å². The maximum atomic E-state index is 12.1. The number of carbonyl (C=O) groups is 1. The fraction of sp³-hybridized carbons (Fsp3) is 0.471. The molecule has 0 aliphatic heterocycles. The number of carbonyl (C=O) groups excluding carboxylic acids is 1. The molecule has 2 bridgehead atoms. The van der Waals surface area contributed by atoms with Crippen LogP contribution in [0.15, 0.2) is 40.0 Å². The van der Waals surface area contributed by atoms with E-state index >= 15 is 0 Å². The third kappa shape index (κ3) is 3.27. The molecule has 1 amide bonds. The van der Waals surface area contributed by atoms with E-state index in [-0.39, 0.29) is 5.91 Å². The van der Waals surface area contributed by atoms with Crippen LogP contribution in [0.2, 0.25) is 0 Å². The lowest BCUT2D eigenvalue weighted by Gasteiger charge is -2.22. The summed E-state index contributed by atoms with van der Waals surface area (Å²) < 4.78 is 5.60. The number of nitrogens with zero attached hydrogens (tertiary/aromatic N) is 2. The van der Waals surface area contributed by atoms with Crippen LogP contribution in [-0.4, -0.2) is 27.9 Å². The Morgan fingerprint density at radius 2 is 2.09 bits per heavy atom. The second-order valence-electron chi connectivity index (χ2n) is 6.38. The van der Waals surface area contributed by atoms with Crippen molar-refractivity contribution in [1.82, 2.24) is 15.5 Å². The molecule has 5 nitrogen and oxygen atoms in total. The van der Waals surface area contributed by atoms with E-state index in [1.807, 2.05) is 30.3 Å². The Morgan fingerprint density at radius 3 is 2.83 bits per heavy atom. The molecule has 3 atom stereocenters. The quantitative estimate of drug-likeness (QED) is 0.854. The Balaban J connectivity index is 1.29. The molecule has 120 valence electrons. The molecule has 4 rings (SSSR count). The van der Waals surface area contributed by atoms with Crippen molar-refractivity contribution >= 4 is 17.7 Å². The Labute approximate surface area is 139 Å². The van der Waals surface area contributed by atoms with Crippen LogP contribution in [-0.2, 0) is 4.79 Å². The van der Waals surface area contributed by atoms with Crippen molar-refractivity contribution in [1.29, 1.82) is 0 Å². The summed E-state index contributed by atoms with van der Waals surface area (Å²) in [5.74, 6) is 2.41. The summed E-state index contributed by atoms with van der Waals surface area (Å²) in [6.07, 6.45) is 5.06. The van der Waals surface area contributed by atoms with E-state index in [1.165, 1.54) is 31.0 Å². The normalized spacial score (nSPS) is 25.7. The number of thioether (sulfide) groups is 1. The van der Waals surface area contributed by atoms with E-state index < -0.39 is 0 Å². The number of nitrogens with one attached hydrogen (secondary N) is 1. The summed E-state index contributed by atoms with van der Waals surface area (Å²) >= 11 is 1.30. The van der Waals surface area contributed by atoms with Crippen molar-refractivity contribution in [2.75, 3.05) is 5.75 Å². The molecule has 1 aromatic carbocycles. The standard InChI is InChI=1S/C17H19N3O2S/c21-15(18-14-9-11-6-7-13(14)8-11)10-23-17-20-19-16(22-17)12-4-2-1-3-5-12/h1-5,11,13-14H,6-10H2,(H,18,21)/t11-,13+,14+/m1/s1. The molecule has 0 spiro atoms. The molecular formula is C17H19N3O2S. The second-order valence-corrected chi connectivity index (χ2v) is 7.30. The highest BCUT2D eigenvalue weighted by molar-refractivity contribution is 7.99. The monoisotopic (exact) mass is 329 g/mol. The van der Waals surface area contributed by atoms with Crippen LogP contribution in [0, 0.1) is 11.8 Å². The van der Waals surface area contributed by atoms with Gasteiger partial charge in [-0.3, -0.25) is 4.79 Å². The van der Waals surface area contributed by atoms with Crippen molar-refractivity contribution in [3.8, 4) is 11.5 Å². The molecule has 2 aliphatic rings. The van der Waals surface area contributed by atoms with Gasteiger partial charge in [0.05, 0.1) is 5.75 Å². The molecule has 2 fully saturated rings. The number of benzene rings is 1. The van der Waals surface area contributed by atoms with E-state index in [9.17, 15) is 4.79 Å². The lowest BCUT2D eigenvalue weighted by atomic mass is 9.95. The molecule has 2 aromatic rings. The minimum absolute atomic E-state index is 0.0620. The highest BCUT2D eigenvalue weighted by Crippen LogP contribution is 2.44. The van der Waals surface area contributed by atoms with Crippen molar-refractivity contribution < 1.29 is 9.21 Å². The fourth-order valence-electron chi connectivity index (χ4n) is 3.76. The van der Waals surface area contributed by atoms with Crippen LogP contribution >= 0.6 is 11.8 Å². The van der Waals surface area contributed by atoms with Gasteiger partial charge in [0.15, 0.2) is 0 Å². The van der Waals surface area contributed by atoms with Crippen LogP contribution < -0.4 is 5.32 Å². The van der Waals surface area contributed by atoms with Gasteiger partial charge < -0.3 is 9.73 Å². The lowest BCUT2D eigenvalue weighted by molar-refractivity contribution is -0.119. The largest absolute Gasteiger partial charge is 0.411 e. The van der Waals surface area contributed by atoms with Crippen LogP contribution in [0.4, 0.5) is 0 Å². The van der Waals surface area contributed by atoms with Crippen molar-refractivity contribution in [2.45, 2.75) is 36.9 Å². The molecule has 23 heavy (non-hydrogen) atoms. The maximum Gasteiger partial charge on any atom is 0.277 e. The number of fused-ring (bicyclic) bond motifs is 2. The topological polar surface area (TPSA) is 68.0 Å². The number of hydrogen-bond donors (Lipinski definition) is 1. The molecule has 1 aromatic heterocycles. The molecule has 1 heterocycles. The zero-order chi connectivity index (χ0) is 15.6. The molecule has 1 N–H and O–H groups in total. The van der Waals surface area contributed by atoms with E-state index in [2.05, 4.69) is 15.5 Å². The van der Waals surface area contributed by atoms with E-state index in [1.54, 1.807) is 0 Å². The zero-order valence-electron chi connectivity index (χ0n) is 12.8. The Kier molecular flexibility index (Phi) is 4.08. The van der Waals surface area contributed by atoms with E-state index in [4.69, 9.17) is 4.42 Å². The number of amides is 1. The molecule has 2 aliphatic carbocycles. The molecule has 0 unspecified atom stereocenters. The Hall–Kier alpha value is -1.82. The molecule has 0 radical (unpaired) electrons. The van der Waals surface area contributed by atoms with Crippen molar-refractivity contribution in [3.63, 3.8) is 0 Å². The number of hydrogen-bond acceptors (Lipinski definition) is 5. The van der Waals surface area contributed by atoms with Crippen LogP contribution in [0.1, 0.15) is 25.7 Å². The number of aromatic nitrogens is 2. The predicted molar refractivity (Wildman–Crippen MR) is 87.8 cm³/mol. The predicted octanol–water partition coefficient (Wildman–Crippen LogP) is 3.13. The fourth-order valence-corrected chi connectivity index (χ4v) is 4.34. The molecule has 6 heteroatoms. The third-order valence-corrected chi connectivity index (χ3v) is 5.66. The first kappa shape index (κ1) is 14.8. The maximum absolute atomic E-state index is 12.1. The first-order valence-corrected chi connectivity index (χ1v) is 9.07. The van der Waals surface area contributed by atoms with Crippen LogP contribution in [0.3, 0.4) is 0 Å². The van der Waals surface area contributed by atoms with Gasteiger partial charge in [0.1, 0.15) is 0 Å². The summed E-state index contributed by atoms with van der Waals surface area (Å²) in [6.45, 7) is 0. The molecule has 0 saturated heterocycles. The number of rotatable bonds is 5. The molecular weight excluding hydrogens is 310 g/mol. The lowest BCUT2D eigenvalue weighted by Crippen LogP contribution is -2.39. The van der Waals surface area contributed by atoms with Gasteiger partial charge in [-0.05, 0) is 43.2 Å². The molecule has 2 saturated carbocycles. The summed E-state index contributed by atoms with van der Waals surface area (Å²) in [4.78, 5) is 12.1. The summed E-state index contributed by atoms with van der Waals surface area (Å²) in [5.41, 5.74) is 0.887. The first-order chi connectivity index (χ1) is 11.3. The second kappa shape index (κ2) is 6.35. The highest BCUT2D eigenvalue weighted by atomic mass is 32.2. The third-order valence-electron chi connectivity index (χ3n) is 4.84. The zero-order valence-corrected chi connectivity index (χ0v) is 13.6. The van der Waals surface area contributed by atoms with Gasteiger partial charge in [0.25, 0.3) is 5.22 Å². The average molecular weight is 329 g/mol. The van der Waals surface area contributed by atoms with E-state index in [0.717, 1.165) is 17.9 Å². The summed E-state index contributed by atoms with van der Waals surface area (Å²) in [7, 11) is 0. The van der Waals surface area contributed by atoms with Gasteiger partial charge >= 0.3 is 0 Å². The SMILES string of the molecule is O=C(CSc1nnc(-c2ccccc2)o1)N[C@H]1C[C@@H]2CC[C@H]1C2. The van der Waals surface area contributed by atoms with Gasteiger partial charge in [0, 0.05) is 11.6 Å². The smallest absolute Gasteiger partial charge is 0.277 e. The first-order valence-electron chi connectivity index (χ1n) is 8.09. The Bertz CT molecular complexity index is 688. The van der Waals surface area contributed by atoms with Crippen molar-refractivity contribution in [2.24, 2.45) is 11.8 Å². The Morgan fingerprint density at radius 1 is 1.22 bits per heavy atom. The van der Waals surface area contributed by atoms with Crippen molar-refractivity contribution in [3.05, 3.63) is 30.3 Å². The average Bonchev–Trinajstić information content (AvgIpc) is 3.30. The van der Waals surface area contributed by atoms with Gasteiger partial charge in [-0.2, -0.15) is 0 Å². The highest BCUT2D eigenvalue weighted by Gasteiger charge is 2.40. The van der Waals surface area contributed by atoms with Gasteiger partial charge in [0.2, 0.25) is 11.8 Å². The summed E-state index contributed by atoms with van der Waals surface area (Å²) in [5, 5.41) is 11.6. The van der Waals surface area contributed by atoms with Crippen LogP contribution in [0.5, 0.6) is 0 Å². The minimum atomic E-state index is 0.0620. The van der Waals surface area contributed by atoms with Gasteiger partial charge in [-0.1, -0.05) is 36.4 Å². The van der Waals surface area contributed by atoms with Gasteiger partial charge in [-0.15, -0.1) is 10.2 Å². The summed E-state index contributed by atoms with van der Waals surface area (Å²) in [6, 6.07) is 10.0. The van der Waals surface area contributed by atoms with Gasteiger partial charge in [-0.25, -0.2) is 0 Å². The van der Waals surface area contributed by atoms with Crippen LogP contribution in [0.25, 0.3) is 11.5 Å². The minimum Gasteiger partial charge on any atom is -0.411 e.